The van der Waals surface area contributed by atoms with Gasteiger partial charge in [0, 0.05) is 39.3 Å². The normalized spacial score (nSPS) is 29.2. The predicted octanol–water partition coefficient (Wildman–Crippen LogP) is 1.11. The maximum absolute atomic E-state index is 12.9. The van der Waals surface area contributed by atoms with Crippen molar-refractivity contribution in [2.45, 2.75) is 25.9 Å². The van der Waals surface area contributed by atoms with Gasteiger partial charge >= 0.3 is 0 Å². The molecule has 0 aromatic heterocycles. The highest BCUT2D eigenvalue weighted by molar-refractivity contribution is 5.82. The van der Waals surface area contributed by atoms with Crippen LogP contribution in [0.2, 0.25) is 0 Å². The topological polar surface area (TPSA) is 35.6 Å². The first-order chi connectivity index (χ1) is 10.7. The third-order valence-corrected chi connectivity index (χ3v) is 5.77. The molecule has 1 N–H and O–H groups in total. The molecule has 4 rings (SSSR count). The van der Waals surface area contributed by atoms with Crippen molar-refractivity contribution in [3.63, 3.8) is 0 Å². The van der Waals surface area contributed by atoms with Crippen LogP contribution >= 0.6 is 0 Å². The fourth-order valence-electron chi connectivity index (χ4n) is 4.30. The third kappa shape index (κ3) is 2.44. The van der Waals surface area contributed by atoms with Crippen LogP contribution < -0.4 is 5.32 Å². The molecule has 3 heterocycles. The lowest BCUT2D eigenvalue weighted by atomic mass is 9.98. The zero-order valence-corrected chi connectivity index (χ0v) is 13.3. The molecule has 1 amide bonds. The highest BCUT2D eigenvalue weighted by Gasteiger charge is 2.40. The second-order valence-electron chi connectivity index (χ2n) is 7.09. The van der Waals surface area contributed by atoms with E-state index in [1.54, 1.807) is 0 Å². The van der Waals surface area contributed by atoms with E-state index in [4.69, 9.17) is 0 Å². The van der Waals surface area contributed by atoms with E-state index >= 15 is 0 Å². The maximum atomic E-state index is 12.9. The molecule has 2 saturated heterocycles. The number of rotatable bonds is 2. The van der Waals surface area contributed by atoms with Gasteiger partial charge in [-0.25, -0.2) is 0 Å². The minimum Gasteiger partial charge on any atom is -0.341 e. The third-order valence-electron chi connectivity index (χ3n) is 5.77. The second kappa shape index (κ2) is 5.67. The Labute approximate surface area is 132 Å². The lowest BCUT2D eigenvalue weighted by Gasteiger charge is -2.35. The number of hydrogen-bond acceptors (Lipinski definition) is 3. The molecular formula is C18H25N3O. The highest BCUT2D eigenvalue weighted by Crippen LogP contribution is 2.28. The minimum absolute atomic E-state index is 0.000131. The molecule has 22 heavy (non-hydrogen) atoms. The number of benzene rings is 1. The van der Waals surface area contributed by atoms with Gasteiger partial charge in [-0.1, -0.05) is 24.3 Å². The molecule has 0 saturated carbocycles. The largest absolute Gasteiger partial charge is 0.341 e. The number of carbonyl (C=O) groups is 1. The van der Waals surface area contributed by atoms with Gasteiger partial charge in [-0.15, -0.1) is 0 Å². The predicted molar refractivity (Wildman–Crippen MR) is 86.4 cm³/mol. The summed E-state index contributed by atoms with van der Waals surface area (Å²) in [6.45, 7) is 8.05. The van der Waals surface area contributed by atoms with Crippen molar-refractivity contribution in [1.29, 1.82) is 0 Å². The van der Waals surface area contributed by atoms with Crippen molar-refractivity contribution in [3.8, 4) is 0 Å². The highest BCUT2D eigenvalue weighted by atomic mass is 16.2. The Morgan fingerprint density at radius 3 is 2.59 bits per heavy atom. The molecule has 3 aliphatic heterocycles. The summed E-state index contributed by atoms with van der Waals surface area (Å²) in [7, 11) is 0. The average Bonchev–Trinajstić information content (AvgIpc) is 3.14. The molecular weight excluding hydrogens is 274 g/mol. The zero-order chi connectivity index (χ0) is 15.1. The van der Waals surface area contributed by atoms with E-state index in [-0.39, 0.29) is 6.04 Å². The number of nitrogens with zero attached hydrogens (tertiary/aromatic N) is 2. The molecule has 3 atom stereocenters. The number of hydrogen-bond donors (Lipinski definition) is 1. The summed E-state index contributed by atoms with van der Waals surface area (Å²) in [6, 6.07) is 8.63. The van der Waals surface area contributed by atoms with Crippen molar-refractivity contribution >= 4 is 5.91 Å². The average molecular weight is 299 g/mol. The molecule has 118 valence electrons. The molecule has 3 aliphatic rings. The van der Waals surface area contributed by atoms with Crippen LogP contribution in [0.15, 0.2) is 24.3 Å². The molecule has 0 bridgehead atoms. The summed E-state index contributed by atoms with van der Waals surface area (Å²) < 4.78 is 0. The minimum atomic E-state index is 0.000131. The Balaban J connectivity index is 1.42. The van der Waals surface area contributed by atoms with Crippen LogP contribution in [0.3, 0.4) is 0 Å². The number of carbonyl (C=O) groups excluding carboxylic acids is 1. The number of likely N-dealkylation sites (tertiary alicyclic amines) is 1. The molecule has 4 nitrogen and oxygen atoms in total. The molecule has 1 aromatic carbocycles. The zero-order valence-electron chi connectivity index (χ0n) is 13.3. The molecule has 1 aromatic rings. The van der Waals surface area contributed by atoms with Crippen LogP contribution in [0.1, 0.15) is 18.1 Å². The monoisotopic (exact) mass is 299 g/mol. The summed E-state index contributed by atoms with van der Waals surface area (Å²) in [5.41, 5.74) is 2.83. The SMILES string of the molecule is CC(C(=O)N1C[C@H]2CNC[C@H]2C1)N1CCc2ccccc2C1. The van der Waals surface area contributed by atoms with E-state index in [9.17, 15) is 4.79 Å². The maximum Gasteiger partial charge on any atom is 0.239 e. The first-order valence-electron chi connectivity index (χ1n) is 8.52. The number of fused-ring (bicyclic) bond motifs is 2. The van der Waals surface area contributed by atoms with Gasteiger partial charge in [0.25, 0.3) is 0 Å². The van der Waals surface area contributed by atoms with Gasteiger partial charge in [-0.2, -0.15) is 0 Å². The first kappa shape index (κ1) is 14.2. The Morgan fingerprint density at radius 1 is 1.18 bits per heavy atom. The Bertz CT molecular complexity index is 561. The van der Waals surface area contributed by atoms with Gasteiger partial charge in [0.1, 0.15) is 0 Å². The Kier molecular flexibility index (Phi) is 3.66. The lowest BCUT2D eigenvalue weighted by Crippen LogP contribution is -2.48. The van der Waals surface area contributed by atoms with E-state index in [0.29, 0.717) is 17.7 Å². The summed E-state index contributed by atoms with van der Waals surface area (Å²) in [4.78, 5) is 17.3. The van der Waals surface area contributed by atoms with Crippen LogP contribution in [0.4, 0.5) is 0 Å². The fourth-order valence-corrected chi connectivity index (χ4v) is 4.30. The van der Waals surface area contributed by atoms with E-state index in [0.717, 1.165) is 45.7 Å². The molecule has 4 heteroatoms. The van der Waals surface area contributed by atoms with Crippen molar-refractivity contribution in [3.05, 3.63) is 35.4 Å². The van der Waals surface area contributed by atoms with Crippen molar-refractivity contribution < 1.29 is 4.79 Å². The van der Waals surface area contributed by atoms with Gasteiger partial charge in [0.05, 0.1) is 6.04 Å². The van der Waals surface area contributed by atoms with Crippen molar-refractivity contribution in [2.24, 2.45) is 11.8 Å². The van der Waals surface area contributed by atoms with Gasteiger partial charge in [-0.3, -0.25) is 9.69 Å². The van der Waals surface area contributed by atoms with E-state index in [1.807, 2.05) is 0 Å². The Morgan fingerprint density at radius 2 is 1.86 bits per heavy atom. The van der Waals surface area contributed by atoms with E-state index in [1.165, 1.54) is 11.1 Å². The standard InChI is InChI=1S/C18H25N3O/c1-13(18(22)21-11-16-8-19-9-17(16)12-21)20-7-6-14-4-2-3-5-15(14)10-20/h2-5,13,16-17,19H,6-12H2,1H3/t13?,16-,17+. The molecule has 0 radical (unpaired) electrons. The molecule has 1 unspecified atom stereocenters. The van der Waals surface area contributed by atoms with E-state index in [2.05, 4.69) is 46.3 Å². The van der Waals surface area contributed by atoms with Crippen LogP contribution in [0.25, 0.3) is 0 Å². The van der Waals surface area contributed by atoms with Gasteiger partial charge < -0.3 is 10.2 Å². The summed E-state index contributed by atoms with van der Waals surface area (Å²) in [6.07, 6.45) is 1.06. The van der Waals surface area contributed by atoms with E-state index < -0.39 is 0 Å². The van der Waals surface area contributed by atoms with Crippen molar-refractivity contribution in [2.75, 3.05) is 32.7 Å². The van der Waals surface area contributed by atoms with Gasteiger partial charge in [-0.05, 0) is 36.3 Å². The summed E-state index contributed by atoms with van der Waals surface area (Å²) in [5.74, 6) is 1.69. The van der Waals surface area contributed by atoms with Gasteiger partial charge in [0.2, 0.25) is 5.91 Å². The molecule has 0 aliphatic carbocycles. The summed E-state index contributed by atoms with van der Waals surface area (Å²) >= 11 is 0. The summed E-state index contributed by atoms with van der Waals surface area (Å²) in [5, 5.41) is 3.44. The quantitative estimate of drug-likeness (QED) is 0.889. The van der Waals surface area contributed by atoms with Crippen LogP contribution in [-0.4, -0.2) is 54.5 Å². The number of nitrogens with one attached hydrogen (secondary N) is 1. The van der Waals surface area contributed by atoms with Gasteiger partial charge in [0.15, 0.2) is 0 Å². The first-order valence-corrected chi connectivity index (χ1v) is 8.52. The Hall–Kier alpha value is -1.39. The van der Waals surface area contributed by atoms with Crippen molar-refractivity contribution in [1.82, 2.24) is 15.1 Å². The second-order valence-corrected chi connectivity index (χ2v) is 7.09. The van der Waals surface area contributed by atoms with Crippen LogP contribution in [0, 0.1) is 11.8 Å². The lowest BCUT2D eigenvalue weighted by molar-refractivity contribution is -0.136. The molecule has 2 fully saturated rings. The van der Waals surface area contributed by atoms with Crippen LogP contribution in [-0.2, 0) is 17.8 Å². The molecule has 0 spiro atoms. The van der Waals surface area contributed by atoms with Crippen LogP contribution in [0.5, 0.6) is 0 Å². The smallest absolute Gasteiger partial charge is 0.239 e. The fraction of sp³-hybridized carbons (Fsp3) is 0.611. The number of amides is 1.